The Kier molecular flexibility index (Phi) is 4.29. The number of rotatable bonds is 5. The van der Waals surface area contributed by atoms with Crippen LogP contribution in [0.15, 0.2) is 54.6 Å². The predicted octanol–water partition coefficient (Wildman–Crippen LogP) is 2.09. The summed E-state index contributed by atoms with van der Waals surface area (Å²) in [4.78, 5) is 12.7. The van der Waals surface area contributed by atoms with E-state index in [0.29, 0.717) is 11.5 Å². The minimum absolute atomic E-state index is 0.199. The van der Waals surface area contributed by atoms with Gasteiger partial charge in [-0.25, -0.2) is 0 Å². The molecule has 0 saturated carbocycles. The molecule has 0 fully saturated rings. The Labute approximate surface area is 155 Å². The number of ether oxygens (including phenoxy) is 1. The van der Waals surface area contributed by atoms with Gasteiger partial charge in [0, 0.05) is 18.0 Å². The lowest BCUT2D eigenvalue weighted by Crippen LogP contribution is -2.26. The Balaban J connectivity index is 1.55. The van der Waals surface area contributed by atoms with Crippen molar-refractivity contribution in [2.24, 2.45) is 7.05 Å². The average Bonchev–Trinajstić information content (AvgIpc) is 3.31. The molecule has 0 aliphatic carbocycles. The Morgan fingerprint density at radius 2 is 1.96 bits per heavy atom. The molecule has 0 atom stereocenters. The molecule has 4 aromatic rings. The number of methoxy groups -OCH3 is 1. The Bertz CT molecular complexity index is 1100. The number of hydrogen-bond acceptors (Lipinski definition) is 5. The molecule has 0 bridgehead atoms. The molecule has 2 aromatic heterocycles. The van der Waals surface area contributed by atoms with Gasteiger partial charge in [0.05, 0.1) is 19.3 Å². The van der Waals surface area contributed by atoms with Gasteiger partial charge in [-0.2, -0.15) is 4.68 Å². The number of tetrazole rings is 1. The largest absolute Gasteiger partial charge is 0.497 e. The number of carbonyl (C=O) groups is 1. The third-order valence-corrected chi connectivity index (χ3v) is 4.42. The highest BCUT2D eigenvalue weighted by molar-refractivity contribution is 5.98. The molecule has 2 aromatic carbocycles. The summed E-state index contributed by atoms with van der Waals surface area (Å²) in [5.41, 5.74) is 2.34. The van der Waals surface area contributed by atoms with E-state index in [1.54, 1.807) is 11.8 Å². The van der Waals surface area contributed by atoms with Gasteiger partial charge in [0.2, 0.25) is 0 Å². The zero-order chi connectivity index (χ0) is 18.8. The van der Waals surface area contributed by atoms with Gasteiger partial charge in [-0.1, -0.05) is 18.2 Å². The van der Waals surface area contributed by atoms with Crippen LogP contribution in [-0.2, 0) is 13.6 Å². The second-order valence-corrected chi connectivity index (χ2v) is 6.04. The SMILES string of the molecule is COc1ccc2c(c1)cc(C(=O)NCc1nnnn1-c1ccccc1)n2C. The topological polar surface area (TPSA) is 86.9 Å². The lowest BCUT2D eigenvalue weighted by Gasteiger charge is -2.07. The van der Waals surface area contributed by atoms with Gasteiger partial charge in [-0.15, -0.1) is 5.10 Å². The number of amides is 1. The number of nitrogens with one attached hydrogen (secondary N) is 1. The average molecular weight is 362 g/mol. The zero-order valence-corrected chi connectivity index (χ0v) is 15.0. The van der Waals surface area contributed by atoms with Crippen LogP contribution in [0.2, 0.25) is 0 Å². The fourth-order valence-corrected chi connectivity index (χ4v) is 3.01. The maximum Gasteiger partial charge on any atom is 0.268 e. The fourth-order valence-electron chi connectivity index (χ4n) is 3.01. The molecule has 0 saturated heterocycles. The second kappa shape index (κ2) is 6.91. The van der Waals surface area contributed by atoms with Gasteiger partial charge in [0.25, 0.3) is 5.91 Å². The van der Waals surface area contributed by atoms with E-state index in [4.69, 9.17) is 4.74 Å². The first-order valence-corrected chi connectivity index (χ1v) is 8.41. The molecule has 8 nitrogen and oxygen atoms in total. The number of aromatic nitrogens is 5. The van der Waals surface area contributed by atoms with Crippen molar-refractivity contribution in [3.8, 4) is 11.4 Å². The molecule has 8 heteroatoms. The molecule has 0 spiro atoms. The van der Waals surface area contributed by atoms with Crippen molar-refractivity contribution in [2.75, 3.05) is 7.11 Å². The molecule has 0 aliphatic rings. The summed E-state index contributed by atoms with van der Waals surface area (Å²) in [7, 11) is 3.48. The van der Waals surface area contributed by atoms with Crippen molar-refractivity contribution < 1.29 is 9.53 Å². The molecule has 1 N–H and O–H groups in total. The lowest BCUT2D eigenvalue weighted by atomic mass is 10.2. The Morgan fingerprint density at radius 1 is 1.15 bits per heavy atom. The summed E-state index contributed by atoms with van der Waals surface area (Å²) in [5.74, 6) is 1.10. The normalized spacial score (nSPS) is 10.9. The maximum absolute atomic E-state index is 12.7. The van der Waals surface area contributed by atoms with E-state index < -0.39 is 0 Å². The predicted molar refractivity (Wildman–Crippen MR) is 99.8 cm³/mol. The number of hydrogen-bond donors (Lipinski definition) is 1. The Hall–Kier alpha value is -3.68. The van der Waals surface area contributed by atoms with Gasteiger partial charge in [0.1, 0.15) is 11.4 Å². The maximum atomic E-state index is 12.7. The number of carbonyl (C=O) groups excluding carboxylic acids is 1. The number of fused-ring (bicyclic) bond motifs is 1. The van der Waals surface area contributed by atoms with E-state index in [2.05, 4.69) is 20.8 Å². The van der Waals surface area contributed by atoms with E-state index >= 15 is 0 Å². The van der Waals surface area contributed by atoms with Crippen LogP contribution in [0.5, 0.6) is 5.75 Å². The highest BCUT2D eigenvalue weighted by Crippen LogP contribution is 2.23. The molecule has 0 unspecified atom stereocenters. The Morgan fingerprint density at radius 3 is 2.74 bits per heavy atom. The second-order valence-electron chi connectivity index (χ2n) is 6.04. The summed E-state index contributed by atoms with van der Waals surface area (Å²) in [6.07, 6.45) is 0. The number of benzene rings is 2. The summed E-state index contributed by atoms with van der Waals surface area (Å²) < 4.78 is 8.70. The van der Waals surface area contributed by atoms with Gasteiger partial charge >= 0.3 is 0 Å². The van der Waals surface area contributed by atoms with Crippen molar-refractivity contribution in [3.05, 3.63) is 66.1 Å². The van der Waals surface area contributed by atoms with E-state index in [0.717, 1.165) is 22.3 Å². The summed E-state index contributed by atoms with van der Waals surface area (Å²) in [5, 5.41) is 15.5. The van der Waals surface area contributed by atoms with Crippen LogP contribution in [0.4, 0.5) is 0 Å². The highest BCUT2D eigenvalue weighted by Gasteiger charge is 2.15. The van der Waals surface area contributed by atoms with Crippen LogP contribution in [-0.4, -0.2) is 37.8 Å². The fraction of sp³-hybridized carbons (Fsp3) is 0.158. The van der Waals surface area contributed by atoms with Crippen LogP contribution in [0.3, 0.4) is 0 Å². The van der Waals surface area contributed by atoms with Crippen molar-refractivity contribution in [1.29, 1.82) is 0 Å². The number of aryl methyl sites for hydroxylation is 1. The molecule has 0 radical (unpaired) electrons. The lowest BCUT2D eigenvalue weighted by molar-refractivity contribution is 0.0942. The first-order valence-electron chi connectivity index (χ1n) is 8.41. The van der Waals surface area contributed by atoms with E-state index in [-0.39, 0.29) is 12.5 Å². The van der Waals surface area contributed by atoms with Gasteiger partial charge in [-0.3, -0.25) is 4.79 Å². The van der Waals surface area contributed by atoms with Crippen LogP contribution in [0.25, 0.3) is 16.6 Å². The van der Waals surface area contributed by atoms with Gasteiger partial charge in [0.15, 0.2) is 5.82 Å². The molecule has 1 amide bonds. The van der Waals surface area contributed by atoms with Crippen LogP contribution >= 0.6 is 0 Å². The summed E-state index contributed by atoms with van der Waals surface area (Å²) >= 11 is 0. The molecule has 27 heavy (non-hydrogen) atoms. The number of para-hydroxylation sites is 1. The molecule has 4 rings (SSSR count). The zero-order valence-electron chi connectivity index (χ0n) is 15.0. The first-order chi connectivity index (χ1) is 13.2. The minimum Gasteiger partial charge on any atom is -0.497 e. The van der Waals surface area contributed by atoms with E-state index in [1.165, 1.54) is 0 Å². The molecular formula is C19H18N6O2. The summed E-state index contributed by atoms with van der Waals surface area (Å²) in [6, 6.07) is 17.1. The quantitative estimate of drug-likeness (QED) is 0.587. The van der Waals surface area contributed by atoms with E-state index in [9.17, 15) is 4.79 Å². The molecular weight excluding hydrogens is 344 g/mol. The van der Waals surface area contributed by atoms with Crippen LogP contribution in [0, 0.1) is 0 Å². The van der Waals surface area contributed by atoms with Gasteiger partial charge < -0.3 is 14.6 Å². The third kappa shape index (κ3) is 3.12. The molecule has 136 valence electrons. The third-order valence-electron chi connectivity index (χ3n) is 4.42. The van der Waals surface area contributed by atoms with Crippen molar-refractivity contribution >= 4 is 16.8 Å². The van der Waals surface area contributed by atoms with Crippen molar-refractivity contribution in [3.63, 3.8) is 0 Å². The minimum atomic E-state index is -0.199. The summed E-state index contributed by atoms with van der Waals surface area (Å²) in [6.45, 7) is 0.214. The molecule has 0 aliphatic heterocycles. The molecule has 2 heterocycles. The van der Waals surface area contributed by atoms with Crippen molar-refractivity contribution in [1.82, 2.24) is 30.1 Å². The standard InChI is InChI=1S/C19H18N6O2/c1-24-16-9-8-15(27-2)10-13(16)11-17(24)19(26)20-12-18-21-22-23-25(18)14-6-4-3-5-7-14/h3-11H,12H2,1-2H3,(H,20,26). The van der Waals surface area contributed by atoms with Crippen molar-refractivity contribution in [2.45, 2.75) is 6.54 Å². The highest BCUT2D eigenvalue weighted by atomic mass is 16.5. The van der Waals surface area contributed by atoms with Crippen LogP contribution < -0.4 is 10.1 Å². The number of nitrogens with zero attached hydrogens (tertiary/aromatic N) is 5. The first kappa shape index (κ1) is 16.8. The van der Waals surface area contributed by atoms with E-state index in [1.807, 2.05) is 66.2 Å². The monoisotopic (exact) mass is 362 g/mol. The van der Waals surface area contributed by atoms with Crippen LogP contribution in [0.1, 0.15) is 16.3 Å². The van der Waals surface area contributed by atoms with Gasteiger partial charge in [-0.05, 0) is 46.8 Å². The smallest absolute Gasteiger partial charge is 0.268 e.